The Bertz CT molecular complexity index is 973. The van der Waals surface area contributed by atoms with Gasteiger partial charge in [-0.15, -0.1) is 0 Å². The van der Waals surface area contributed by atoms with E-state index in [0.29, 0.717) is 24.7 Å². The number of fused-ring (bicyclic) bond motifs is 1. The van der Waals surface area contributed by atoms with Crippen LogP contribution in [0.1, 0.15) is 10.4 Å². The average Bonchev–Trinajstić information content (AvgIpc) is 2.70. The van der Waals surface area contributed by atoms with E-state index in [1.807, 2.05) is 30.3 Å². The number of anilines is 3. The number of hydrogen-bond acceptors (Lipinski definition) is 4. The fourth-order valence-corrected chi connectivity index (χ4v) is 2.77. The molecule has 0 bridgehead atoms. The number of rotatable bonds is 4. The maximum absolute atomic E-state index is 13.7. The highest BCUT2D eigenvalue weighted by Gasteiger charge is 2.12. The van der Waals surface area contributed by atoms with Gasteiger partial charge >= 0.3 is 0 Å². The standard InChI is InChI=1S/C21H17FN2O3/c22-18-4-2-1-3-17(18)21(25)24-15-7-5-14(6-8-15)23-16-9-10-19-20(13-16)27-12-11-26-19/h1-10,13,23H,11-12H2,(H,24,25). The molecule has 0 fully saturated rings. The lowest BCUT2D eigenvalue weighted by atomic mass is 10.2. The molecule has 0 saturated carbocycles. The number of amides is 1. The first kappa shape index (κ1) is 16.9. The third-order valence-corrected chi connectivity index (χ3v) is 4.09. The molecular formula is C21H17FN2O3. The Kier molecular flexibility index (Phi) is 4.61. The van der Waals surface area contributed by atoms with E-state index < -0.39 is 11.7 Å². The zero-order valence-corrected chi connectivity index (χ0v) is 14.4. The van der Waals surface area contributed by atoms with Crippen LogP contribution in [-0.4, -0.2) is 19.1 Å². The Morgan fingerprint density at radius 3 is 2.26 bits per heavy atom. The third kappa shape index (κ3) is 3.84. The highest BCUT2D eigenvalue weighted by Crippen LogP contribution is 2.33. The molecule has 1 amide bonds. The van der Waals surface area contributed by atoms with Crippen LogP contribution >= 0.6 is 0 Å². The van der Waals surface area contributed by atoms with E-state index in [-0.39, 0.29) is 5.56 Å². The van der Waals surface area contributed by atoms with Crippen molar-refractivity contribution in [2.75, 3.05) is 23.8 Å². The van der Waals surface area contributed by atoms with Gasteiger partial charge in [-0.1, -0.05) is 12.1 Å². The molecule has 0 spiro atoms. The predicted octanol–water partition coefficient (Wildman–Crippen LogP) is 4.59. The molecule has 1 aliphatic heterocycles. The van der Waals surface area contributed by atoms with Crippen molar-refractivity contribution in [3.05, 3.63) is 78.1 Å². The quantitative estimate of drug-likeness (QED) is 0.711. The molecule has 0 aromatic heterocycles. The van der Waals surface area contributed by atoms with Gasteiger partial charge in [0.05, 0.1) is 5.56 Å². The van der Waals surface area contributed by atoms with Crippen LogP contribution in [0.2, 0.25) is 0 Å². The minimum absolute atomic E-state index is 0.0102. The monoisotopic (exact) mass is 364 g/mol. The first-order valence-electron chi connectivity index (χ1n) is 8.52. The van der Waals surface area contributed by atoms with Crippen LogP contribution in [0.3, 0.4) is 0 Å². The van der Waals surface area contributed by atoms with Gasteiger partial charge in [0.2, 0.25) is 0 Å². The van der Waals surface area contributed by atoms with Gasteiger partial charge in [-0.05, 0) is 48.5 Å². The maximum atomic E-state index is 13.7. The summed E-state index contributed by atoms with van der Waals surface area (Å²) in [5.41, 5.74) is 2.30. The van der Waals surface area contributed by atoms with Gasteiger partial charge in [0.15, 0.2) is 11.5 Å². The van der Waals surface area contributed by atoms with Crippen LogP contribution < -0.4 is 20.1 Å². The van der Waals surface area contributed by atoms with Gasteiger partial charge in [0.1, 0.15) is 19.0 Å². The minimum atomic E-state index is -0.549. The lowest BCUT2D eigenvalue weighted by Crippen LogP contribution is -2.15. The maximum Gasteiger partial charge on any atom is 0.258 e. The summed E-state index contributed by atoms with van der Waals surface area (Å²) >= 11 is 0. The van der Waals surface area contributed by atoms with Crippen molar-refractivity contribution in [2.24, 2.45) is 0 Å². The molecule has 0 unspecified atom stereocenters. The number of carbonyl (C=O) groups excluding carboxylic acids is 1. The Hall–Kier alpha value is -3.54. The molecule has 6 heteroatoms. The second-order valence-corrected chi connectivity index (χ2v) is 5.99. The van der Waals surface area contributed by atoms with E-state index in [0.717, 1.165) is 17.1 Å². The van der Waals surface area contributed by atoms with E-state index in [1.165, 1.54) is 12.1 Å². The Morgan fingerprint density at radius 2 is 1.48 bits per heavy atom. The molecule has 1 aliphatic rings. The van der Waals surface area contributed by atoms with E-state index in [1.54, 1.807) is 24.3 Å². The third-order valence-electron chi connectivity index (χ3n) is 4.09. The molecule has 5 nitrogen and oxygen atoms in total. The largest absolute Gasteiger partial charge is 0.486 e. The normalized spacial score (nSPS) is 12.3. The van der Waals surface area contributed by atoms with Crippen molar-refractivity contribution in [1.29, 1.82) is 0 Å². The van der Waals surface area contributed by atoms with Crippen LogP contribution in [-0.2, 0) is 0 Å². The zero-order chi connectivity index (χ0) is 18.6. The van der Waals surface area contributed by atoms with Crippen LogP contribution in [0.4, 0.5) is 21.5 Å². The summed E-state index contributed by atoms with van der Waals surface area (Å²) in [5, 5.41) is 5.95. The second kappa shape index (κ2) is 7.37. The summed E-state index contributed by atoms with van der Waals surface area (Å²) in [6, 6.07) is 18.7. The molecule has 3 aromatic rings. The summed E-state index contributed by atoms with van der Waals surface area (Å²) in [4.78, 5) is 12.2. The van der Waals surface area contributed by atoms with Crippen molar-refractivity contribution in [2.45, 2.75) is 0 Å². The minimum Gasteiger partial charge on any atom is -0.486 e. The van der Waals surface area contributed by atoms with Crippen molar-refractivity contribution in [3.63, 3.8) is 0 Å². The SMILES string of the molecule is O=C(Nc1ccc(Nc2ccc3c(c2)OCCO3)cc1)c1ccccc1F. The number of nitrogens with one attached hydrogen (secondary N) is 2. The first-order valence-corrected chi connectivity index (χ1v) is 8.52. The molecule has 4 rings (SSSR count). The van der Waals surface area contributed by atoms with Crippen LogP contribution in [0.15, 0.2) is 66.7 Å². The van der Waals surface area contributed by atoms with Crippen molar-refractivity contribution in [3.8, 4) is 11.5 Å². The molecule has 136 valence electrons. The lowest BCUT2D eigenvalue weighted by molar-refractivity contribution is 0.102. The van der Waals surface area contributed by atoms with Crippen molar-refractivity contribution >= 4 is 23.0 Å². The smallest absolute Gasteiger partial charge is 0.258 e. The summed E-state index contributed by atoms with van der Waals surface area (Å²) in [6.07, 6.45) is 0. The van der Waals surface area contributed by atoms with Crippen LogP contribution in [0.25, 0.3) is 0 Å². The van der Waals surface area contributed by atoms with E-state index >= 15 is 0 Å². The molecule has 1 heterocycles. The molecule has 0 atom stereocenters. The molecule has 3 aromatic carbocycles. The molecular weight excluding hydrogens is 347 g/mol. The molecule has 0 radical (unpaired) electrons. The number of benzene rings is 3. The first-order chi connectivity index (χ1) is 13.2. The summed E-state index contributed by atoms with van der Waals surface area (Å²) in [6.45, 7) is 1.09. The molecule has 27 heavy (non-hydrogen) atoms. The Labute approximate surface area is 155 Å². The summed E-state index contributed by atoms with van der Waals surface area (Å²) in [5.74, 6) is 0.408. The topological polar surface area (TPSA) is 59.6 Å². The van der Waals surface area contributed by atoms with Gasteiger partial charge in [-0.25, -0.2) is 4.39 Å². The van der Waals surface area contributed by atoms with Crippen LogP contribution in [0.5, 0.6) is 11.5 Å². The van der Waals surface area contributed by atoms with Gasteiger partial charge in [0, 0.05) is 23.1 Å². The van der Waals surface area contributed by atoms with Crippen LogP contribution in [0, 0.1) is 5.82 Å². The highest BCUT2D eigenvalue weighted by atomic mass is 19.1. The number of halogens is 1. The summed E-state index contributed by atoms with van der Waals surface area (Å²) in [7, 11) is 0. The number of carbonyl (C=O) groups is 1. The zero-order valence-electron chi connectivity index (χ0n) is 14.4. The van der Waals surface area contributed by atoms with Gasteiger partial charge < -0.3 is 20.1 Å². The van der Waals surface area contributed by atoms with E-state index in [9.17, 15) is 9.18 Å². The average molecular weight is 364 g/mol. The van der Waals surface area contributed by atoms with Crippen molar-refractivity contribution < 1.29 is 18.7 Å². The second-order valence-electron chi connectivity index (χ2n) is 5.99. The lowest BCUT2D eigenvalue weighted by Gasteiger charge is -2.19. The summed E-state index contributed by atoms with van der Waals surface area (Å²) < 4.78 is 24.8. The Balaban J connectivity index is 1.43. The van der Waals surface area contributed by atoms with E-state index in [4.69, 9.17) is 9.47 Å². The van der Waals surface area contributed by atoms with Gasteiger partial charge in [-0.2, -0.15) is 0 Å². The highest BCUT2D eigenvalue weighted by molar-refractivity contribution is 6.04. The molecule has 0 saturated heterocycles. The molecule has 2 N–H and O–H groups in total. The Morgan fingerprint density at radius 1 is 0.815 bits per heavy atom. The van der Waals surface area contributed by atoms with E-state index in [2.05, 4.69) is 10.6 Å². The predicted molar refractivity (Wildman–Crippen MR) is 102 cm³/mol. The fourth-order valence-electron chi connectivity index (χ4n) is 2.77. The number of ether oxygens (including phenoxy) is 2. The van der Waals surface area contributed by atoms with Crippen molar-refractivity contribution in [1.82, 2.24) is 0 Å². The van der Waals surface area contributed by atoms with Gasteiger partial charge in [-0.3, -0.25) is 4.79 Å². The number of hydrogen-bond donors (Lipinski definition) is 2. The molecule has 0 aliphatic carbocycles. The van der Waals surface area contributed by atoms with Gasteiger partial charge in [0.25, 0.3) is 5.91 Å². The fraction of sp³-hybridized carbons (Fsp3) is 0.0952.